The molecule has 0 fully saturated rings. The summed E-state index contributed by atoms with van der Waals surface area (Å²) in [6, 6.07) is 2.49. The Balaban J connectivity index is 3.28. The van der Waals surface area contributed by atoms with Crippen LogP contribution >= 0.6 is 11.6 Å². The molecule has 1 rings (SSSR count). The molecule has 6 nitrogen and oxygen atoms in total. The molecule has 20 heavy (non-hydrogen) atoms. The number of carbonyl (C=O) groups is 3. The fourth-order valence-corrected chi connectivity index (χ4v) is 1.55. The second-order valence-electron chi connectivity index (χ2n) is 3.69. The van der Waals surface area contributed by atoms with Crippen LogP contribution in [0.1, 0.15) is 31.1 Å². The minimum absolute atomic E-state index is 0.0590. The van der Waals surface area contributed by atoms with E-state index in [1.54, 1.807) is 6.92 Å². The Hall–Kier alpha value is -2.08. The van der Waals surface area contributed by atoms with Crippen LogP contribution < -0.4 is 9.47 Å². The monoisotopic (exact) mass is 300 g/mol. The molecule has 0 spiro atoms. The highest BCUT2D eigenvalue weighted by Gasteiger charge is 2.18. The molecular weight excluding hydrogens is 288 g/mol. The Labute approximate surface area is 120 Å². The number of hydrogen-bond acceptors (Lipinski definition) is 6. The third kappa shape index (κ3) is 4.24. The number of benzene rings is 1. The smallest absolute Gasteiger partial charge is 0.338 e. The molecule has 0 N–H and O–H groups in total. The lowest BCUT2D eigenvalue weighted by Crippen LogP contribution is -2.09. The maximum atomic E-state index is 11.7. The molecule has 0 aliphatic heterocycles. The van der Waals surface area contributed by atoms with E-state index in [1.165, 1.54) is 26.0 Å². The van der Waals surface area contributed by atoms with Crippen LogP contribution in [0.15, 0.2) is 12.1 Å². The van der Waals surface area contributed by atoms with E-state index in [-0.39, 0.29) is 28.7 Å². The summed E-state index contributed by atoms with van der Waals surface area (Å²) in [5, 5.41) is -0.0801. The number of halogens is 1. The van der Waals surface area contributed by atoms with Gasteiger partial charge in [0.1, 0.15) is 5.02 Å². The van der Waals surface area contributed by atoms with Crippen LogP contribution in [-0.4, -0.2) is 24.5 Å². The van der Waals surface area contributed by atoms with Crippen LogP contribution in [0.25, 0.3) is 0 Å². The summed E-state index contributed by atoms with van der Waals surface area (Å²) < 4.78 is 14.6. The van der Waals surface area contributed by atoms with E-state index < -0.39 is 17.9 Å². The average molecular weight is 301 g/mol. The van der Waals surface area contributed by atoms with E-state index in [0.29, 0.717) is 0 Å². The SMILES string of the molecule is CCOC(=O)c1cc(OC(C)=O)c(Cl)c(OC(C)=O)c1. The molecule has 108 valence electrons. The maximum Gasteiger partial charge on any atom is 0.338 e. The first kappa shape index (κ1) is 16.0. The van der Waals surface area contributed by atoms with E-state index in [2.05, 4.69) is 0 Å². The molecule has 1 aromatic carbocycles. The summed E-state index contributed by atoms with van der Waals surface area (Å²) in [6.45, 7) is 4.18. The van der Waals surface area contributed by atoms with E-state index in [4.69, 9.17) is 25.8 Å². The van der Waals surface area contributed by atoms with Gasteiger partial charge in [-0.2, -0.15) is 0 Å². The molecule has 0 unspecified atom stereocenters. The molecule has 0 aliphatic rings. The summed E-state index contributed by atoms with van der Waals surface area (Å²) in [5.74, 6) is -2.06. The van der Waals surface area contributed by atoms with Gasteiger partial charge in [0.25, 0.3) is 0 Å². The Kier molecular flexibility index (Phi) is 5.52. The molecule has 0 bridgehead atoms. The second kappa shape index (κ2) is 6.91. The number of rotatable bonds is 4. The van der Waals surface area contributed by atoms with Crippen molar-refractivity contribution >= 4 is 29.5 Å². The van der Waals surface area contributed by atoms with Gasteiger partial charge in [0.2, 0.25) is 0 Å². The average Bonchev–Trinajstić information content (AvgIpc) is 2.33. The molecule has 7 heteroatoms. The van der Waals surface area contributed by atoms with Crippen LogP contribution in [-0.2, 0) is 14.3 Å². The largest absolute Gasteiger partial charge is 0.462 e. The highest BCUT2D eigenvalue weighted by Crippen LogP contribution is 2.36. The van der Waals surface area contributed by atoms with Gasteiger partial charge in [-0.05, 0) is 19.1 Å². The third-order valence-electron chi connectivity index (χ3n) is 2.02. The summed E-state index contributed by atoms with van der Waals surface area (Å²) in [5.41, 5.74) is 0.0590. The van der Waals surface area contributed by atoms with Crippen molar-refractivity contribution in [1.82, 2.24) is 0 Å². The highest BCUT2D eigenvalue weighted by atomic mass is 35.5. The van der Waals surface area contributed by atoms with Crippen LogP contribution in [0.3, 0.4) is 0 Å². The van der Waals surface area contributed by atoms with Gasteiger partial charge < -0.3 is 14.2 Å². The van der Waals surface area contributed by atoms with Crippen molar-refractivity contribution in [2.75, 3.05) is 6.61 Å². The van der Waals surface area contributed by atoms with Crippen molar-refractivity contribution in [3.63, 3.8) is 0 Å². The summed E-state index contributed by atoms with van der Waals surface area (Å²) in [6.07, 6.45) is 0. The predicted molar refractivity (Wildman–Crippen MR) is 70.0 cm³/mol. The number of hydrogen-bond donors (Lipinski definition) is 0. The zero-order valence-electron chi connectivity index (χ0n) is 11.2. The van der Waals surface area contributed by atoms with E-state index in [9.17, 15) is 14.4 Å². The Morgan fingerprint density at radius 2 is 1.50 bits per heavy atom. The van der Waals surface area contributed by atoms with Gasteiger partial charge in [0.15, 0.2) is 11.5 Å². The zero-order valence-corrected chi connectivity index (χ0v) is 11.9. The standard InChI is InChI=1S/C13H13ClO6/c1-4-18-13(17)9-5-10(19-7(2)15)12(14)11(6-9)20-8(3)16/h5-6H,4H2,1-3H3. The van der Waals surface area contributed by atoms with Crippen molar-refractivity contribution in [1.29, 1.82) is 0 Å². The molecule has 0 saturated heterocycles. The van der Waals surface area contributed by atoms with Crippen molar-refractivity contribution < 1.29 is 28.6 Å². The first-order valence-electron chi connectivity index (χ1n) is 5.72. The van der Waals surface area contributed by atoms with Crippen molar-refractivity contribution in [3.05, 3.63) is 22.7 Å². The molecule has 0 atom stereocenters. The van der Waals surface area contributed by atoms with E-state index in [0.717, 1.165) is 0 Å². The molecule has 0 radical (unpaired) electrons. The van der Waals surface area contributed by atoms with Gasteiger partial charge in [0, 0.05) is 13.8 Å². The van der Waals surface area contributed by atoms with Gasteiger partial charge >= 0.3 is 17.9 Å². The third-order valence-corrected chi connectivity index (χ3v) is 2.40. The molecule has 0 heterocycles. The van der Waals surface area contributed by atoms with Crippen LogP contribution in [0.5, 0.6) is 11.5 Å². The molecule has 0 aliphatic carbocycles. The number of carbonyl (C=O) groups excluding carboxylic acids is 3. The highest BCUT2D eigenvalue weighted by molar-refractivity contribution is 6.34. The van der Waals surface area contributed by atoms with Gasteiger partial charge in [0.05, 0.1) is 12.2 Å². The quantitative estimate of drug-likeness (QED) is 0.627. The predicted octanol–water partition coefficient (Wildman–Crippen LogP) is 2.37. The number of ether oxygens (including phenoxy) is 3. The van der Waals surface area contributed by atoms with Crippen molar-refractivity contribution in [2.24, 2.45) is 0 Å². The number of esters is 3. The fraction of sp³-hybridized carbons (Fsp3) is 0.308. The Morgan fingerprint density at radius 3 is 1.85 bits per heavy atom. The Bertz CT molecular complexity index is 515. The van der Waals surface area contributed by atoms with Crippen LogP contribution in [0, 0.1) is 0 Å². The normalized spacial score (nSPS) is 9.80. The lowest BCUT2D eigenvalue weighted by molar-refractivity contribution is -0.132. The first-order chi connectivity index (χ1) is 9.35. The van der Waals surface area contributed by atoms with Gasteiger partial charge in [-0.25, -0.2) is 4.79 Å². The summed E-state index contributed by atoms with van der Waals surface area (Å²) in [4.78, 5) is 33.7. The fourth-order valence-electron chi connectivity index (χ4n) is 1.36. The summed E-state index contributed by atoms with van der Waals surface area (Å²) >= 11 is 5.94. The van der Waals surface area contributed by atoms with Crippen molar-refractivity contribution in [2.45, 2.75) is 20.8 Å². The molecular formula is C13H13ClO6. The lowest BCUT2D eigenvalue weighted by Gasteiger charge is -2.11. The van der Waals surface area contributed by atoms with Crippen molar-refractivity contribution in [3.8, 4) is 11.5 Å². The maximum absolute atomic E-state index is 11.7. The molecule has 0 amide bonds. The van der Waals surface area contributed by atoms with Crippen LogP contribution in [0.4, 0.5) is 0 Å². The van der Waals surface area contributed by atoms with E-state index >= 15 is 0 Å². The van der Waals surface area contributed by atoms with E-state index in [1.807, 2.05) is 0 Å². The van der Waals surface area contributed by atoms with Crippen LogP contribution in [0.2, 0.25) is 5.02 Å². The minimum Gasteiger partial charge on any atom is -0.462 e. The molecule has 0 aromatic heterocycles. The summed E-state index contributed by atoms with van der Waals surface area (Å²) in [7, 11) is 0. The molecule has 0 saturated carbocycles. The van der Waals surface area contributed by atoms with Gasteiger partial charge in [-0.3, -0.25) is 9.59 Å². The first-order valence-corrected chi connectivity index (χ1v) is 6.10. The topological polar surface area (TPSA) is 78.9 Å². The molecule has 1 aromatic rings. The zero-order chi connectivity index (χ0) is 15.3. The van der Waals surface area contributed by atoms with Gasteiger partial charge in [-0.15, -0.1) is 0 Å². The second-order valence-corrected chi connectivity index (χ2v) is 4.07. The minimum atomic E-state index is -0.647. The lowest BCUT2D eigenvalue weighted by atomic mass is 10.2. The Morgan fingerprint density at radius 1 is 1.05 bits per heavy atom. The van der Waals surface area contributed by atoms with Gasteiger partial charge in [-0.1, -0.05) is 11.6 Å².